The Kier molecular flexibility index (Phi) is 4.29. The molecular formula is C16H23N3OS. The average Bonchev–Trinajstić information content (AvgIpc) is 2.83. The zero-order chi connectivity index (χ0) is 14.8. The lowest BCUT2D eigenvalue weighted by atomic mass is 9.83. The van der Waals surface area contributed by atoms with Crippen molar-refractivity contribution in [1.82, 2.24) is 14.5 Å². The minimum absolute atomic E-state index is 0.471. The molecule has 2 aromatic rings. The standard InChI is InChI=1S/C16H23N3OS/c1-3-4-11-5-7-12(8-6-11)19-15-13(17-16(19)21)9-10-14(18-15)20-2/h9-12H,3-8H2,1-2H3,(H,17,21). The van der Waals surface area contributed by atoms with E-state index in [1.54, 1.807) is 7.11 Å². The number of hydrogen-bond acceptors (Lipinski definition) is 3. The molecule has 0 spiro atoms. The van der Waals surface area contributed by atoms with Crippen LogP contribution >= 0.6 is 12.2 Å². The molecular weight excluding hydrogens is 282 g/mol. The largest absolute Gasteiger partial charge is 0.481 e. The van der Waals surface area contributed by atoms with Crippen LogP contribution in [0.2, 0.25) is 0 Å². The van der Waals surface area contributed by atoms with E-state index >= 15 is 0 Å². The number of aromatic amines is 1. The van der Waals surface area contributed by atoms with Crippen LogP contribution in [0.15, 0.2) is 12.1 Å². The predicted octanol–water partition coefficient (Wildman–Crippen LogP) is 4.63. The van der Waals surface area contributed by atoms with Crippen LogP contribution in [-0.4, -0.2) is 21.6 Å². The number of H-pyrrole nitrogens is 1. The fourth-order valence-corrected chi connectivity index (χ4v) is 3.88. The monoisotopic (exact) mass is 305 g/mol. The molecule has 2 heterocycles. The Hall–Kier alpha value is -1.36. The summed E-state index contributed by atoms with van der Waals surface area (Å²) in [6.07, 6.45) is 7.65. The van der Waals surface area contributed by atoms with Crippen LogP contribution in [0.5, 0.6) is 5.88 Å². The number of imidazole rings is 1. The van der Waals surface area contributed by atoms with Gasteiger partial charge in [0, 0.05) is 12.1 Å². The molecule has 3 rings (SSSR count). The van der Waals surface area contributed by atoms with Gasteiger partial charge in [0.15, 0.2) is 10.4 Å². The Balaban J connectivity index is 1.90. The van der Waals surface area contributed by atoms with Gasteiger partial charge in [0.1, 0.15) is 0 Å². The summed E-state index contributed by atoms with van der Waals surface area (Å²) in [5, 5.41) is 0. The van der Waals surface area contributed by atoms with Crippen LogP contribution in [0, 0.1) is 10.7 Å². The average molecular weight is 305 g/mol. The summed E-state index contributed by atoms with van der Waals surface area (Å²) in [4.78, 5) is 7.86. The van der Waals surface area contributed by atoms with Crippen molar-refractivity contribution in [2.75, 3.05) is 7.11 Å². The summed E-state index contributed by atoms with van der Waals surface area (Å²) in [6, 6.07) is 4.34. The van der Waals surface area contributed by atoms with Gasteiger partial charge in [-0.15, -0.1) is 0 Å². The molecule has 0 unspecified atom stereocenters. The van der Waals surface area contributed by atoms with Crippen LogP contribution in [0.4, 0.5) is 0 Å². The lowest BCUT2D eigenvalue weighted by Crippen LogP contribution is -2.18. The van der Waals surface area contributed by atoms with E-state index in [9.17, 15) is 0 Å². The van der Waals surface area contributed by atoms with E-state index in [1.165, 1.54) is 38.5 Å². The number of methoxy groups -OCH3 is 1. The third kappa shape index (κ3) is 2.84. The number of ether oxygens (including phenoxy) is 1. The normalized spacial score (nSPS) is 22.6. The topological polar surface area (TPSA) is 42.8 Å². The molecule has 1 aliphatic rings. The van der Waals surface area contributed by atoms with E-state index in [0.717, 1.165) is 21.9 Å². The Morgan fingerprint density at radius 1 is 1.33 bits per heavy atom. The second kappa shape index (κ2) is 6.18. The van der Waals surface area contributed by atoms with Gasteiger partial charge in [-0.05, 0) is 49.9 Å². The molecule has 1 saturated carbocycles. The number of nitrogens with one attached hydrogen (secondary N) is 1. The quantitative estimate of drug-likeness (QED) is 0.837. The highest BCUT2D eigenvalue weighted by atomic mass is 32.1. The third-order valence-corrected chi connectivity index (χ3v) is 4.92. The van der Waals surface area contributed by atoms with Crippen LogP contribution in [0.1, 0.15) is 51.5 Å². The minimum Gasteiger partial charge on any atom is -0.481 e. The summed E-state index contributed by atoms with van der Waals surface area (Å²) in [6.45, 7) is 2.28. The molecule has 0 aliphatic heterocycles. The molecule has 1 N–H and O–H groups in total. The summed E-state index contributed by atoms with van der Waals surface area (Å²) in [5.74, 6) is 1.54. The van der Waals surface area contributed by atoms with Crippen LogP contribution in [0.25, 0.3) is 11.2 Å². The molecule has 21 heavy (non-hydrogen) atoms. The van der Waals surface area contributed by atoms with Gasteiger partial charge >= 0.3 is 0 Å². The number of aromatic nitrogens is 3. The smallest absolute Gasteiger partial charge is 0.215 e. The second-order valence-corrected chi connectivity index (χ2v) is 6.37. The maximum Gasteiger partial charge on any atom is 0.215 e. The molecule has 114 valence electrons. The van der Waals surface area contributed by atoms with Crippen molar-refractivity contribution in [3.63, 3.8) is 0 Å². The number of hydrogen-bond donors (Lipinski definition) is 1. The third-order valence-electron chi connectivity index (χ3n) is 4.63. The van der Waals surface area contributed by atoms with Crippen molar-refractivity contribution in [2.24, 2.45) is 5.92 Å². The molecule has 0 radical (unpaired) electrons. The van der Waals surface area contributed by atoms with E-state index in [2.05, 4.69) is 21.5 Å². The van der Waals surface area contributed by atoms with Gasteiger partial charge in [0.05, 0.1) is 12.6 Å². The zero-order valence-corrected chi connectivity index (χ0v) is 13.6. The van der Waals surface area contributed by atoms with E-state index in [0.29, 0.717) is 11.9 Å². The van der Waals surface area contributed by atoms with Crippen LogP contribution < -0.4 is 4.74 Å². The Bertz CT molecular complexity index is 668. The van der Waals surface area contributed by atoms with Crippen LogP contribution in [0.3, 0.4) is 0 Å². The van der Waals surface area contributed by atoms with Crippen molar-refractivity contribution < 1.29 is 4.74 Å². The maximum absolute atomic E-state index is 5.52. The SMILES string of the molecule is CCCC1CCC(n2c(=S)[nH]c3ccc(OC)nc32)CC1. The van der Waals surface area contributed by atoms with Crippen molar-refractivity contribution >= 4 is 23.4 Å². The summed E-state index contributed by atoms with van der Waals surface area (Å²) in [7, 11) is 1.65. The zero-order valence-electron chi connectivity index (χ0n) is 12.8. The van der Waals surface area contributed by atoms with E-state index in [-0.39, 0.29) is 0 Å². The van der Waals surface area contributed by atoms with Gasteiger partial charge in [-0.2, -0.15) is 4.98 Å². The van der Waals surface area contributed by atoms with Gasteiger partial charge in [0.25, 0.3) is 0 Å². The second-order valence-electron chi connectivity index (χ2n) is 5.99. The van der Waals surface area contributed by atoms with Gasteiger partial charge in [-0.25, -0.2) is 0 Å². The highest BCUT2D eigenvalue weighted by Crippen LogP contribution is 2.36. The highest BCUT2D eigenvalue weighted by Gasteiger charge is 2.24. The van der Waals surface area contributed by atoms with Gasteiger partial charge in [-0.3, -0.25) is 4.57 Å². The Morgan fingerprint density at radius 2 is 2.10 bits per heavy atom. The highest BCUT2D eigenvalue weighted by molar-refractivity contribution is 7.71. The number of nitrogens with zero attached hydrogens (tertiary/aromatic N) is 2. The molecule has 1 fully saturated rings. The van der Waals surface area contributed by atoms with E-state index < -0.39 is 0 Å². The summed E-state index contributed by atoms with van der Waals surface area (Å²) < 4.78 is 8.24. The predicted molar refractivity (Wildman–Crippen MR) is 87.4 cm³/mol. The first-order chi connectivity index (χ1) is 10.2. The molecule has 5 heteroatoms. The van der Waals surface area contributed by atoms with Crippen molar-refractivity contribution in [3.8, 4) is 5.88 Å². The molecule has 0 aromatic carbocycles. The summed E-state index contributed by atoms with van der Waals surface area (Å²) in [5.41, 5.74) is 1.93. The molecule has 4 nitrogen and oxygen atoms in total. The van der Waals surface area contributed by atoms with E-state index in [1.807, 2.05) is 12.1 Å². The van der Waals surface area contributed by atoms with Crippen LogP contribution in [-0.2, 0) is 0 Å². The van der Waals surface area contributed by atoms with Crippen molar-refractivity contribution in [2.45, 2.75) is 51.5 Å². The molecule has 1 aliphatic carbocycles. The number of fused-ring (bicyclic) bond motifs is 1. The first-order valence-corrected chi connectivity index (χ1v) is 8.29. The van der Waals surface area contributed by atoms with Crippen molar-refractivity contribution in [1.29, 1.82) is 0 Å². The first kappa shape index (κ1) is 14.6. The number of rotatable bonds is 4. The Morgan fingerprint density at radius 3 is 2.76 bits per heavy atom. The molecule has 0 atom stereocenters. The van der Waals surface area contributed by atoms with E-state index in [4.69, 9.17) is 17.0 Å². The molecule has 0 saturated heterocycles. The summed E-state index contributed by atoms with van der Waals surface area (Å²) >= 11 is 5.52. The fourth-order valence-electron chi connectivity index (χ4n) is 3.54. The lowest BCUT2D eigenvalue weighted by molar-refractivity contribution is 0.264. The minimum atomic E-state index is 0.471. The van der Waals surface area contributed by atoms with Gasteiger partial charge in [-0.1, -0.05) is 19.8 Å². The molecule has 0 amide bonds. The maximum atomic E-state index is 5.52. The lowest BCUT2D eigenvalue weighted by Gasteiger charge is -2.29. The van der Waals surface area contributed by atoms with Crippen molar-refractivity contribution in [3.05, 3.63) is 16.9 Å². The van der Waals surface area contributed by atoms with Gasteiger partial charge in [0.2, 0.25) is 5.88 Å². The number of pyridine rings is 1. The fraction of sp³-hybridized carbons (Fsp3) is 0.625. The molecule has 2 aromatic heterocycles. The molecule has 0 bridgehead atoms. The Labute approximate surface area is 130 Å². The first-order valence-electron chi connectivity index (χ1n) is 7.88. The van der Waals surface area contributed by atoms with Gasteiger partial charge < -0.3 is 9.72 Å².